The van der Waals surface area contributed by atoms with E-state index in [1.807, 2.05) is 54.6 Å². The zero-order valence-corrected chi connectivity index (χ0v) is 15.3. The molecule has 3 aromatic rings. The van der Waals surface area contributed by atoms with Crippen LogP contribution in [-0.4, -0.2) is 22.8 Å². The van der Waals surface area contributed by atoms with Gasteiger partial charge in [-0.25, -0.2) is 4.68 Å². The quantitative estimate of drug-likeness (QED) is 0.731. The predicted molar refractivity (Wildman–Crippen MR) is 103 cm³/mol. The Morgan fingerprint density at radius 1 is 1.07 bits per heavy atom. The average Bonchev–Trinajstić information content (AvgIpc) is 2.68. The molecule has 0 radical (unpaired) electrons. The Bertz CT molecular complexity index is 997. The third kappa shape index (κ3) is 4.30. The number of aryl methyl sites for hydroxylation is 1. The molecule has 0 aliphatic heterocycles. The van der Waals surface area contributed by atoms with E-state index in [0.717, 1.165) is 16.8 Å². The zero-order chi connectivity index (χ0) is 19.2. The SMILES string of the molecule is COCc1ccccc1CNC(=O)c1nn(-c2ccccc2)c(C)cc1=O. The third-order valence-corrected chi connectivity index (χ3v) is 4.18. The van der Waals surface area contributed by atoms with Crippen molar-refractivity contribution in [1.82, 2.24) is 15.1 Å². The van der Waals surface area contributed by atoms with Crippen LogP contribution in [0.5, 0.6) is 0 Å². The number of rotatable bonds is 6. The van der Waals surface area contributed by atoms with Crippen LogP contribution in [0.15, 0.2) is 65.5 Å². The molecule has 1 amide bonds. The van der Waals surface area contributed by atoms with Gasteiger partial charge in [0.2, 0.25) is 5.43 Å². The highest BCUT2D eigenvalue weighted by Crippen LogP contribution is 2.10. The van der Waals surface area contributed by atoms with Gasteiger partial charge in [0, 0.05) is 25.4 Å². The van der Waals surface area contributed by atoms with Gasteiger partial charge >= 0.3 is 0 Å². The van der Waals surface area contributed by atoms with E-state index in [2.05, 4.69) is 10.4 Å². The summed E-state index contributed by atoms with van der Waals surface area (Å²) in [5, 5.41) is 7.06. The lowest BCUT2D eigenvalue weighted by molar-refractivity contribution is 0.0942. The van der Waals surface area contributed by atoms with Crippen LogP contribution in [-0.2, 0) is 17.9 Å². The number of hydrogen-bond donors (Lipinski definition) is 1. The maximum absolute atomic E-state index is 12.6. The number of aromatic nitrogens is 2. The molecule has 0 fully saturated rings. The van der Waals surface area contributed by atoms with E-state index in [0.29, 0.717) is 18.8 Å². The van der Waals surface area contributed by atoms with Crippen molar-refractivity contribution in [2.24, 2.45) is 0 Å². The highest BCUT2D eigenvalue weighted by atomic mass is 16.5. The molecule has 2 aromatic carbocycles. The van der Waals surface area contributed by atoms with Crippen LogP contribution in [0.25, 0.3) is 5.69 Å². The van der Waals surface area contributed by atoms with Crippen LogP contribution in [0.4, 0.5) is 0 Å². The van der Waals surface area contributed by atoms with Crippen molar-refractivity contribution in [3.05, 3.63) is 93.4 Å². The van der Waals surface area contributed by atoms with E-state index in [-0.39, 0.29) is 5.69 Å². The summed E-state index contributed by atoms with van der Waals surface area (Å²) in [4.78, 5) is 24.9. The van der Waals surface area contributed by atoms with Crippen LogP contribution >= 0.6 is 0 Å². The molecule has 1 aromatic heterocycles. The number of hydrogen-bond acceptors (Lipinski definition) is 4. The summed E-state index contributed by atoms with van der Waals surface area (Å²) in [5.41, 5.74) is 2.83. The van der Waals surface area contributed by atoms with Crippen molar-refractivity contribution >= 4 is 5.91 Å². The normalized spacial score (nSPS) is 10.6. The standard InChI is InChI=1S/C21H21N3O3/c1-15-12-19(25)20(23-24(15)18-10-4-3-5-11-18)21(26)22-13-16-8-6-7-9-17(16)14-27-2/h3-12H,13-14H2,1-2H3,(H,22,26). The first-order chi connectivity index (χ1) is 13.1. The molecule has 0 aliphatic rings. The maximum atomic E-state index is 12.6. The van der Waals surface area contributed by atoms with E-state index >= 15 is 0 Å². The van der Waals surface area contributed by atoms with E-state index in [1.54, 1.807) is 18.7 Å². The Kier molecular flexibility index (Phi) is 5.78. The lowest BCUT2D eigenvalue weighted by Gasteiger charge is -2.12. The van der Waals surface area contributed by atoms with Crippen molar-refractivity contribution in [3.63, 3.8) is 0 Å². The zero-order valence-electron chi connectivity index (χ0n) is 15.3. The first-order valence-corrected chi connectivity index (χ1v) is 8.60. The number of carbonyl (C=O) groups is 1. The second-order valence-corrected chi connectivity index (χ2v) is 6.13. The van der Waals surface area contributed by atoms with Crippen molar-refractivity contribution in [2.75, 3.05) is 7.11 Å². The van der Waals surface area contributed by atoms with Gasteiger partial charge in [0.25, 0.3) is 5.91 Å². The fourth-order valence-electron chi connectivity index (χ4n) is 2.82. The first-order valence-electron chi connectivity index (χ1n) is 8.60. The average molecular weight is 363 g/mol. The molecule has 6 heteroatoms. The summed E-state index contributed by atoms with van der Waals surface area (Å²) in [6, 6.07) is 18.5. The van der Waals surface area contributed by atoms with E-state index < -0.39 is 11.3 Å². The van der Waals surface area contributed by atoms with Gasteiger partial charge in [0.15, 0.2) is 5.69 Å². The smallest absolute Gasteiger partial charge is 0.276 e. The fraction of sp³-hybridized carbons (Fsp3) is 0.190. The molecular formula is C21H21N3O3. The number of nitrogens with one attached hydrogen (secondary N) is 1. The number of benzene rings is 2. The second kappa shape index (κ2) is 8.42. The van der Waals surface area contributed by atoms with Gasteiger partial charge < -0.3 is 10.1 Å². The van der Waals surface area contributed by atoms with Gasteiger partial charge in [-0.1, -0.05) is 42.5 Å². The molecule has 1 heterocycles. The number of nitrogens with zero attached hydrogens (tertiary/aromatic N) is 2. The number of para-hydroxylation sites is 1. The van der Waals surface area contributed by atoms with Crippen LogP contribution in [0, 0.1) is 6.92 Å². The monoisotopic (exact) mass is 363 g/mol. The Hall–Kier alpha value is -3.25. The number of carbonyl (C=O) groups excluding carboxylic acids is 1. The number of ether oxygens (including phenoxy) is 1. The van der Waals surface area contributed by atoms with E-state index in [9.17, 15) is 9.59 Å². The minimum atomic E-state index is -0.503. The Morgan fingerprint density at radius 2 is 1.74 bits per heavy atom. The maximum Gasteiger partial charge on any atom is 0.276 e. The Morgan fingerprint density at radius 3 is 2.44 bits per heavy atom. The van der Waals surface area contributed by atoms with Crippen LogP contribution < -0.4 is 10.7 Å². The van der Waals surface area contributed by atoms with Crippen molar-refractivity contribution in [2.45, 2.75) is 20.1 Å². The van der Waals surface area contributed by atoms with Crippen molar-refractivity contribution in [3.8, 4) is 5.69 Å². The minimum Gasteiger partial charge on any atom is -0.380 e. The Labute approximate surface area is 157 Å². The molecule has 0 bridgehead atoms. The largest absolute Gasteiger partial charge is 0.380 e. The molecule has 0 spiro atoms. The predicted octanol–water partition coefficient (Wildman–Crippen LogP) is 2.62. The Balaban J connectivity index is 1.84. The van der Waals surface area contributed by atoms with E-state index in [4.69, 9.17) is 4.74 Å². The minimum absolute atomic E-state index is 0.131. The topological polar surface area (TPSA) is 73.2 Å². The van der Waals surface area contributed by atoms with Crippen molar-refractivity contribution < 1.29 is 9.53 Å². The molecule has 0 aliphatic carbocycles. The molecule has 6 nitrogen and oxygen atoms in total. The van der Waals surface area contributed by atoms with Gasteiger partial charge in [0.1, 0.15) is 0 Å². The molecule has 0 saturated heterocycles. The first kappa shape index (κ1) is 18.5. The van der Waals surface area contributed by atoms with Gasteiger partial charge in [-0.3, -0.25) is 9.59 Å². The molecule has 1 N–H and O–H groups in total. The highest BCUT2D eigenvalue weighted by molar-refractivity contribution is 5.92. The highest BCUT2D eigenvalue weighted by Gasteiger charge is 2.15. The van der Waals surface area contributed by atoms with Gasteiger partial charge in [-0.05, 0) is 30.2 Å². The number of methoxy groups -OCH3 is 1. The molecule has 0 saturated carbocycles. The third-order valence-electron chi connectivity index (χ3n) is 4.18. The fourth-order valence-corrected chi connectivity index (χ4v) is 2.82. The summed E-state index contributed by atoms with van der Waals surface area (Å²) in [5.74, 6) is -0.503. The molecule has 0 atom stereocenters. The van der Waals surface area contributed by atoms with Crippen LogP contribution in [0.1, 0.15) is 27.3 Å². The number of amides is 1. The lowest BCUT2D eigenvalue weighted by Crippen LogP contribution is -2.31. The van der Waals surface area contributed by atoms with E-state index in [1.165, 1.54) is 6.07 Å². The molecular weight excluding hydrogens is 342 g/mol. The second-order valence-electron chi connectivity index (χ2n) is 6.13. The summed E-state index contributed by atoms with van der Waals surface area (Å²) >= 11 is 0. The van der Waals surface area contributed by atoms with Crippen LogP contribution in [0.2, 0.25) is 0 Å². The molecule has 3 rings (SSSR count). The van der Waals surface area contributed by atoms with Gasteiger partial charge in [0.05, 0.1) is 12.3 Å². The molecule has 138 valence electrons. The molecule has 0 unspecified atom stereocenters. The van der Waals surface area contributed by atoms with Crippen molar-refractivity contribution in [1.29, 1.82) is 0 Å². The lowest BCUT2D eigenvalue weighted by atomic mass is 10.1. The molecule has 27 heavy (non-hydrogen) atoms. The van der Waals surface area contributed by atoms with Crippen LogP contribution in [0.3, 0.4) is 0 Å². The summed E-state index contributed by atoms with van der Waals surface area (Å²) in [6.07, 6.45) is 0. The van der Waals surface area contributed by atoms with Gasteiger partial charge in [-0.2, -0.15) is 5.10 Å². The summed E-state index contributed by atoms with van der Waals surface area (Å²) < 4.78 is 6.77. The summed E-state index contributed by atoms with van der Waals surface area (Å²) in [7, 11) is 1.62. The van der Waals surface area contributed by atoms with Gasteiger partial charge in [-0.15, -0.1) is 0 Å². The summed E-state index contributed by atoms with van der Waals surface area (Å²) in [6.45, 7) is 2.53.